The van der Waals surface area contributed by atoms with E-state index in [1.165, 1.54) is 0 Å². The van der Waals surface area contributed by atoms with Crippen LogP contribution in [0.3, 0.4) is 0 Å². The molecule has 84 valence electrons. The summed E-state index contributed by atoms with van der Waals surface area (Å²) in [6.07, 6.45) is 2.91. The summed E-state index contributed by atoms with van der Waals surface area (Å²) in [7, 11) is 0. The predicted octanol–water partition coefficient (Wildman–Crippen LogP) is 1.82. The van der Waals surface area contributed by atoms with Crippen LogP contribution in [0.15, 0.2) is 35.5 Å². The highest BCUT2D eigenvalue weighted by molar-refractivity contribution is 7.99. The lowest BCUT2D eigenvalue weighted by atomic mass is 10.3. The third-order valence-electron chi connectivity index (χ3n) is 1.87. The summed E-state index contributed by atoms with van der Waals surface area (Å²) >= 11 is 1.82. The Bertz CT molecular complexity index is 262. The number of hydrogen-bond donors (Lipinski definition) is 2. The second kappa shape index (κ2) is 7.56. The molecule has 1 aromatic heterocycles. The maximum atomic E-state index is 9.63. The molecule has 1 aromatic rings. The maximum absolute atomic E-state index is 9.63. The first-order valence-corrected chi connectivity index (χ1v) is 6.11. The SMILES string of the molecule is C=CCSCCNCC(O)c1ccco1. The molecule has 0 aromatic carbocycles. The average Bonchev–Trinajstić information content (AvgIpc) is 2.76. The zero-order valence-electron chi connectivity index (χ0n) is 8.69. The first-order chi connectivity index (χ1) is 7.34. The molecule has 15 heavy (non-hydrogen) atoms. The molecule has 0 aliphatic heterocycles. The number of aliphatic hydroxyl groups is 1. The molecule has 4 heteroatoms. The second-order valence-electron chi connectivity index (χ2n) is 3.10. The van der Waals surface area contributed by atoms with Crippen LogP contribution in [0.25, 0.3) is 0 Å². The number of nitrogens with one attached hydrogen (secondary N) is 1. The Balaban J connectivity index is 2.02. The fraction of sp³-hybridized carbons (Fsp3) is 0.455. The molecule has 0 fully saturated rings. The van der Waals surface area contributed by atoms with E-state index in [-0.39, 0.29) is 0 Å². The van der Waals surface area contributed by atoms with Crippen molar-refractivity contribution in [3.63, 3.8) is 0 Å². The van der Waals surface area contributed by atoms with Gasteiger partial charge in [-0.3, -0.25) is 0 Å². The molecule has 0 amide bonds. The third-order valence-corrected chi connectivity index (χ3v) is 2.83. The highest BCUT2D eigenvalue weighted by atomic mass is 32.2. The van der Waals surface area contributed by atoms with Gasteiger partial charge in [0, 0.05) is 24.6 Å². The van der Waals surface area contributed by atoms with Crippen LogP contribution >= 0.6 is 11.8 Å². The number of furan rings is 1. The van der Waals surface area contributed by atoms with Crippen molar-refractivity contribution in [2.75, 3.05) is 24.6 Å². The molecule has 0 radical (unpaired) electrons. The van der Waals surface area contributed by atoms with E-state index in [1.807, 2.05) is 17.8 Å². The van der Waals surface area contributed by atoms with Crippen molar-refractivity contribution in [1.29, 1.82) is 0 Å². The molecular formula is C11H17NO2S. The van der Waals surface area contributed by atoms with Crippen molar-refractivity contribution >= 4 is 11.8 Å². The Morgan fingerprint density at radius 2 is 2.53 bits per heavy atom. The van der Waals surface area contributed by atoms with E-state index in [1.54, 1.807) is 18.4 Å². The first-order valence-electron chi connectivity index (χ1n) is 4.95. The number of thioether (sulfide) groups is 1. The first kappa shape index (κ1) is 12.4. The summed E-state index contributed by atoms with van der Waals surface area (Å²) < 4.78 is 5.08. The molecule has 0 saturated carbocycles. The second-order valence-corrected chi connectivity index (χ2v) is 4.25. The van der Waals surface area contributed by atoms with Gasteiger partial charge in [0.2, 0.25) is 0 Å². The van der Waals surface area contributed by atoms with Gasteiger partial charge < -0.3 is 14.8 Å². The van der Waals surface area contributed by atoms with Crippen molar-refractivity contribution in [3.05, 3.63) is 36.8 Å². The Morgan fingerprint density at radius 1 is 1.67 bits per heavy atom. The third kappa shape index (κ3) is 5.06. The van der Waals surface area contributed by atoms with Crippen LogP contribution in [0.2, 0.25) is 0 Å². The van der Waals surface area contributed by atoms with E-state index in [2.05, 4.69) is 11.9 Å². The number of rotatable bonds is 8. The average molecular weight is 227 g/mol. The highest BCUT2D eigenvalue weighted by Gasteiger charge is 2.08. The lowest BCUT2D eigenvalue weighted by Gasteiger charge is -2.08. The van der Waals surface area contributed by atoms with Gasteiger partial charge in [0.25, 0.3) is 0 Å². The van der Waals surface area contributed by atoms with Gasteiger partial charge in [-0.2, -0.15) is 11.8 Å². The maximum Gasteiger partial charge on any atom is 0.133 e. The van der Waals surface area contributed by atoms with Crippen LogP contribution in [0, 0.1) is 0 Å². The van der Waals surface area contributed by atoms with E-state index < -0.39 is 6.10 Å². The summed E-state index contributed by atoms with van der Waals surface area (Å²) in [5.41, 5.74) is 0. The van der Waals surface area contributed by atoms with E-state index in [0.717, 1.165) is 18.1 Å². The highest BCUT2D eigenvalue weighted by Crippen LogP contribution is 2.11. The molecule has 2 N–H and O–H groups in total. The monoisotopic (exact) mass is 227 g/mol. The fourth-order valence-electron chi connectivity index (χ4n) is 1.13. The van der Waals surface area contributed by atoms with Crippen LogP contribution in [-0.2, 0) is 0 Å². The van der Waals surface area contributed by atoms with Gasteiger partial charge in [0.15, 0.2) is 0 Å². The standard InChI is InChI=1S/C11H17NO2S/c1-2-7-15-8-5-12-9-10(13)11-4-3-6-14-11/h2-4,6,10,12-13H,1,5,7-9H2. The normalized spacial score (nSPS) is 12.6. The molecule has 0 saturated heterocycles. The summed E-state index contributed by atoms with van der Waals surface area (Å²) in [6, 6.07) is 3.55. The van der Waals surface area contributed by atoms with Crippen LogP contribution in [0.1, 0.15) is 11.9 Å². The van der Waals surface area contributed by atoms with E-state index in [4.69, 9.17) is 4.42 Å². The molecule has 1 heterocycles. The molecule has 3 nitrogen and oxygen atoms in total. The number of aliphatic hydroxyl groups excluding tert-OH is 1. The molecule has 0 aliphatic carbocycles. The molecule has 1 unspecified atom stereocenters. The summed E-state index contributed by atoms with van der Waals surface area (Å²) in [6.45, 7) is 5.06. The van der Waals surface area contributed by atoms with Gasteiger partial charge in [-0.25, -0.2) is 0 Å². The molecule has 1 rings (SSSR count). The summed E-state index contributed by atoms with van der Waals surface area (Å²) in [5, 5.41) is 12.8. The van der Waals surface area contributed by atoms with Crippen molar-refractivity contribution < 1.29 is 9.52 Å². The summed E-state index contributed by atoms with van der Waals surface area (Å²) in [5.74, 6) is 2.61. The lowest BCUT2D eigenvalue weighted by Crippen LogP contribution is -2.23. The van der Waals surface area contributed by atoms with Gasteiger partial charge >= 0.3 is 0 Å². The fourth-order valence-corrected chi connectivity index (χ4v) is 1.75. The summed E-state index contributed by atoms with van der Waals surface area (Å²) in [4.78, 5) is 0. The van der Waals surface area contributed by atoms with Gasteiger partial charge in [-0.1, -0.05) is 6.08 Å². The smallest absolute Gasteiger partial charge is 0.133 e. The molecule has 0 bridgehead atoms. The van der Waals surface area contributed by atoms with Crippen molar-refractivity contribution in [2.45, 2.75) is 6.10 Å². The molecular weight excluding hydrogens is 210 g/mol. The molecule has 0 spiro atoms. The zero-order valence-corrected chi connectivity index (χ0v) is 9.50. The van der Waals surface area contributed by atoms with Gasteiger partial charge in [-0.05, 0) is 12.1 Å². The van der Waals surface area contributed by atoms with Crippen molar-refractivity contribution in [2.24, 2.45) is 0 Å². The van der Waals surface area contributed by atoms with E-state index in [0.29, 0.717) is 12.3 Å². The van der Waals surface area contributed by atoms with E-state index >= 15 is 0 Å². The van der Waals surface area contributed by atoms with Crippen LogP contribution in [0.4, 0.5) is 0 Å². The van der Waals surface area contributed by atoms with Crippen molar-refractivity contribution in [3.8, 4) is 0 Å². The quantitative estimate of drug-likeness (QED) is 0.525. The minimum Gasteiger partial charge on any atom is -0.467 e. The molecule has 1 atom stereocenters. The van der Waals surface area contributed by atoms with Crippen LogP contribution in [-0.4, -0.2) is 29.7 Å². The van der Waals surface area contributed by atoms with Crippen LogP contribution < -0.4 is 5.32 Å². The largest absolute Gasteiger partial charge is 0.467 e. The Labute approximate surface area is 94.6 Å². The molecule has 0 aliphatic rings. The number of hydrogen-bond acceptors (Lipinski definition) is 4. The topological polar surface area (TPSA) is 45.4 Å². The zero-order chi connectivity index (χ0) is 10.9. The lowest BCUT2D eigenvalue weighted by molar-refractivity contribution is 0.148. The van der Waals surface area contributed by atoms with Gasteiger partial charge in [0.05, 0.1) is 6.26 Å². The minimum absolute atomic E-state index is 0.530. The minimum atomic E-state index is -0.551. The van der Waals surface area contributed by atoms with Gasteiger partial charge in [-0.15, -0.1) is 6.58 Å². The Hall–Kier alpha value is -0.710. The van der Waals surface area contributed by atoms with E-state index in [9.17, 15) is 5.11 Å². The predicted molar refractivity (Wildman–Crippen MR) is 64.1 cm³/mol. The Kier molecular flexibility index (Phi) is 6.23. The van der Waals surface area contributed by atoms with Gasteiger partial charge in [0.1, 0.15) is 11.9 Å². The van der Waals surface area contributed by atoms with Crippen LogP contribution in [0.5, 0.6) is 0 Å². The van der Waals surface area contributed by atoms with Crippen molar-refractivity contribution in [1.82, 2.24) is 5.32 Å². The Morgan fingerprint density at radius 3 is 3.20 bits per heavy atom.